The molecule has 310 valence electrons. The van der Waals surface area contributed by atoms with Crippen molar-refractivity contribution in [3.63, 3.8) is 0 Å². The molecule has 59 heavy (non-hydrogen) atoms. The molecule has 4 aromatic rings. The number of ether oxygens (including phenoxy) is 3. The molecule has 1 saturated heterocycles. The molecule has 1 aromatic carbocycles. The van der Waals surface area contributed by atoms with Crippen LogP contribution in [0.25, 0.3) is 10.9 Å². The number of nitrogens with zero attached hydrogens (tertiary/aromatic N) is 4. The number of hydrogen-bond donors (Lipinski definition) is 4. The summed E-state index contributed by atoms with van der Waals surface area (Å²) in [6.07, 6.45) is 6.54. The lowest BCUT2D eigenvalue weighted by Gasteiger charge is -2.29. The number of carbonyl (C=O) groups is 5. The number of anilines is 3. The maximum Gasteiger partial charge on any atom is 0.262 e. The number of aryl methyl sites for hydroxylation is 1. The van der Waals surface area contributed by atoms with Gasteiger partial charge in [0.25, 0.3) is 17.7 Å². The molecule has 2 unspecified atom stereocenters. The fourth-order valence-electron chi connectivity index (χ4n) is 6.90. The van der Waals surface area contributed by atoms with Crippen LogP contribution < -0.4 is 21.3 Å². The first-order valence-corrected chi connectivity index (χ1v) is 19.8. The van der Waals surface area contributed by atoms with Crippen LogP contribution in [0.3, 0.4) is 0 Å². The summed E-state index contributed by atoms with van der Waals surface area (Å²) in [6, 6.07) is 11.6. The Morgan fingerprint density at radius 3 is 2.56 bits per heavy atom. The van der Waals surface area contributed by atoms with E-state index in [4.69, 9.17) is 14.2 Å². The van der Waals surface area contributed by atoms with E-state index >= 15 is 4.39 Å². The van der Waals surface area contributed by atoms with Gasteiger partial charge in [-0.2, -0.15) is 0 Å². The summed E-state index contributed by atoms with van der Waals surface area (Å²) in [5, 5.41) is 12.4. The van der Waals surface area contributed by atoms with Gasteiger partial charge in [0, 0.05) is 49.1 Å². The average molecular weight is 811 g/mol. The largest absolute Gasteiger partial charge is 0.382 e. The van der Waals surface area contributed by atoms with E-state index in [-0.39, 0.29) is 56.4 Å². The molecule has 3 aliphatic rings. The summed E-state index contributed by atoms with van der Waals surface area (Å²) >= 11 is 0. The van der Waals surface area contributed by atoms with Gasteiger partial charge >= 0.3 is 0 Å². The van der Waals surface area contributed by atoms with Gasteiger partial charge in [-0.1, -0.05) is 12.1 Å². The van der Waals surface area contributed by atoms with Crippen molar-refractivity contribution in [3.8, 4) is 0 Å². The first-order valence-electron chi connectivity index (χ1n) is 19.8. The topological polar surface area (TPSA) is 203 Å². The van der Waals surface area contributed by atoms with Crippen LogP contribution in [-0.2, 0) is 30.2 Å². The van der Waals surface area contributed by atoms with Gasteiger partial charge in [0.2, 0.25) is 11.8 Å². The average Bonchev–Trinajstić information content (AvgIpc) is 4.00. The van der Waals surface area contributed by atoms with E-state index in [0.717, 1.165) is 28.6 Å². The van der Waals surface area contributed by atoms with Crippen LogP contribution in [0, 0.1) is 0 Å². The first kappa shape index (κ1) is 41.3. The van der Waals surface area contributed by atoms with Crippen molar-refractivity contribution in [3.05, 3.63) is 83.3 Å². The van der Waals surface area contributed by atoms with Crippen LogP contribution in [0.1, 0.15) is 82.6 Å². The van der Waals surface area contributed by atoms with E-state index in [0.29, 0.717) is 54.5 Å². The van der Waals surface area contributed by atoms with Gasteiger partial charge in [0.1, 0.15) is 23.8 Å². The third-order valence-corrected chi connectivity index (χ3v) is 10.4. The first-order chi connectivity index (χ1) is 28.5. The number of carbonyl (C=O) groups excluding carboxylic acids is 5. The van der Waals surface area contributed by atoms with Crippen molar-refractivity contribution in [2.45, 2.75) is 76.2 Å². The zero-order valence-electron chi connectivity index (χ0n) is 32.9. The summed E-state index contributed by atoms with van der Waals surface area (Å²) in [7, 11) is 0. The molecule has 7 rings (SSSR count). The number of nitrogens with one attached hydrogen (secondary N) is 4. The minimum atomic E-state index is -1.52. The number of rotatable bonds is 20. The number of hydrogen-bond acceptors (Lipinski definition) is 13. The van der Waals surface area contributed by atoms with Crippen molar-refractivity contribution >= 4 is 57.8 Å². The number of amides is 5. The number of fused-ring (bicyclic) bond motifs is 2. The molecule has 1 aliphatic carbocycles. The fraction of sp³-hybridized carbons (Fsp3) is 0.429. The molecule has 2 fully saturated rings. The molecular formula is C42H47FN8O8. The third kappa shape index (κ3) is 10.0. The van der Waals surface area contributed by atoms with Crippen molar-refractivity contribution in [2.75, 3.05) is 50.2 Å². The van der Waals surface area contributed by atoms with Crippen LogP contribution in [0.4, 0.5) is 21.7 Å². The Morgan fingerprint density at radius 1 is 0.966 bits per heavy atom. The Morgan fingerprint density at radius 2 is 1.76 bits per heavy atom. The second-order valence-corrected chi connectivity index (χ2v) is 15.2. The number of benzene rings is 1. The van der Waals surface area contributed by atoms with Gasteiger partial charge in [-0.05, 0) is 75.8 Å². The van der Waals surface area contributed by atoms with Crippen molar-refractivity contribution in [2.24, 2.45) is 0 Å². The monoisotopic (exact) mass is 810 g/mol. The second kappa shape index (κ2) is 18.3. The molecule has 5 heterocycles. The van der Waals surface area contributed by atoms with E-state index in [2.05, 4.69) is 36.2 Å². The Labute approximate surface area is 340 Å². The molecule has 0 bridgehead atoms. The van der Waals surface area contributed by atoms with Gasteiger partial charge in [-0.3, -0.25) is 39.2 Å². The van der Waals surface area contributed by atoms with E-state index in [1.807, 2.05) is 18.2 Å². The summed E-state index contributed by atoms with van der Waals surface area (Å²) < 4.78 is 32.5. The van der Waals surface area contributed by atoms with Crippen LogP contribution in [0.15, 0.2) is 61.1 Å². The van der Waals surface area contributed by atoms with E-state index in [1.165, 1.54) is 6.20 Å². The Balaban J connectivity index is 0.792. The summed E-state index contributed by atoms with van der Waals surface area (Å²) in [4.78, 5) is 77.7. The van der Waals surface area contributed by atoms with Gasteiger partial charge in [-0.25, -0.2) is 14.4 Å². The summed E-state index contributed by atoms with van der Waals surface area (Å²) in [5.41, 5.74) is 1.68. The van der Waals surface area contributed by atoms with Gasteiger partial charge < -0.3 is 30.2 Å². The standard InChI is InChI=1S/C42H47FN8O8/c1-42(2,33(43)24-46-38(53)29-23-45-35(21-31(29)47-27-9-10-27)49-34-12-8-26-22-44-15-14-30(26)48-34)59-20-19-58-18-17-57-16-4-6-25-5-3-7-28-37(25)41(56)51(40(28)55)32-11-13-36(52)50-39(32)54/h3,5,7-8,12,14-15,21-23,27,32-33H,4,6,9-11,13,16-20,24H2,1-2H3,(H,46,53)(H,50,52,54)(H2,45,47,48,49). The predicted octanol–water partition coefficient (Wildman–Crippen LogP) is 4.27. The van der Waals surface area contributed by atoms with Crippen LogP contribution in [0.5, 0.6) is 0 Å². The highest BCUT2D eigenvalue weighted by atomic mass is 19.1. The molecule has 4 N–H and O–H groups in total. The minimum absolute atomic E-state index is 0.0571. The van der Waals surface area contributed by atoms with Crippen molar-refractivity contribution in [1.82, 2.24) is 30.5 Å². The number of aromatic nitrogens is 3. The Hall–Kier alpha value is -5.91. The molecule has 5 amide bonds. The Bertz CT molecular complexity index is 2230. The van der Waals surface area contributed by atoms with Crippen molar-refractivity contribution in [1.29, 1.82) is 0 Å². The lowest BCUT2D eigenvalue weighted by atomic mass is 9.99. The molecule has 3 aromatic heterocycles. The lowest BCUT2D eigenvalue weighted by Crippen LogP contribution is -2.54. The van der Waals surface area contributed by atoms with Crippen molar-refractivity contribution < 1.29 is 42.6 Å². The normalized spacial score (nSPS) is 17.2. The van der Waals surface area contributed by atoms with Crippen LogP contribution in [-0.4, -0.2) is 113 Å². The molecule has 16 nitrogen and oxygen atoms in total. The molecular weight excluding hydrogens is 764 g/mol. The Kier molecular flexibility index (Phi) is 12.8. The number of piperidine rings is 1. The van der Waals surface area contributed by atoms with Crippen LogP contribution in [0.2, 0.25) is 0 Å². The second-order valence-electron chi connectivity index (χ2n) is 15.2. The SMILES string of the molecule is CC(C)(OCCOCCOCCCc1cccc2c1C(=O)N(C1CCC(=O)NC1=O)C2=O)C(F)CNC(=O)c1cnc(Nc2ccc3cnccc3n2)cc1NC1CC1. The molecule has 17 heteroatoms. The summed E-state index contributed by atoms with van der Waals surface area (Å²) in [5.74, 6) is -1.50. The predicted molar refractivity (Wildman–Crippen MR) is 214 cm³/mol. The fourth-order valence-corrected chi connectivity index (χ4v) is 6.90. The zero-order chi connectivity index (χ0) is 41.5. The molecule has 1 saturated carbocycles. The van der Waals surface area contributed by atoms with Gasteiger partial charge in [0.15, 0.2) is 0 Å². The molecule has 2 atom stereocenters. The summed E-state index contributed by atoms with van der Waals surface area (Å²) in [6.45, 7) is 4.25. The number of halogens is 1. The molecule has 0 spiro atoms. The number of pyridine rings is 3. The highest BCUT2D eigenvalue weighted by molar-refractivity contribution is 6.24. The third-order valence-electron chi connectivity index (χ3n) is 10.4. The highest BCUT2D eigenvalue weighted by Crippen LogP contribution is 2.31. The van der Waals surface area contributed by atoms with Gasteiger partial charge in [-0.15, -0.1) is 0 Å². The van der Waals surface area contributed by atoms with E-state index in [9.17, 15) is 24.0 Å². The number of alkyl halides is 1. The van der Waals surface area contributed by atoms with E-state index < -0.39 is 47.4 Å². The maximum atomic E-state index is 15.4. The quantitative estimate of drug-likeness (QED) is 0.0729. The smallest absolute Gasteiger partial charge is 0.262 e. The lowest BCUT2D eigenvalue weighted by molar-refractivity contribution is -0.136. The molecule has 0 radical (unpaired) electrons. The highest BCUT2D eigenvalue weighted by Gasteiger charge is 2.45. The minimum Gasteiger partial charge on any atom is -0.382 e. The number of imide groups is 2. The zero-order valence-corrected chi connectivity index (χ0v) is 32.9. The maximum absolute atomic E-state index is 15.4. The van der Waals surface area contributed by atoms with Crippen LogP contribution >= 0.6 is 0 Å². The van der Waals surface area contributed by atoms with E-state index in [1.54, 1.807) is 50.5 Å². The van der Waals surface area contributed by atoms with Gasteiger partial charge in [0.05, 0.1) is 66.5 Å². The molecule has 2 aliphatic heterocycles.